The minimum absolute atomic E-state index is 0.0757. The minimum atomic E-state index is -0.0757. The molecular formula is C20H20ClN3OS. The smallest absolute Gasteiger partial charge is 0.242 e. The number of thioether (sulfide) groups is 1. The molecule has 0 N–H and O–H groups in total. The number of hydrogen-bond acceptors (Lipinski definition) is 4. The summed E-state index contributed by atoms with van der Waals surface area (Å²) in [6, 6.07) is 17.3. The fourth-order valence-corrected chi connectivity index (χ4v) is 3.97. The van der Waals surface area contributed by atoms with Crippen molar-refractivity contribution in [1.82, 2.24) is 4.90 Å². The second-order valence-electron chi connectivity index (χ2n) is 5.98. The normalized spacial score (nSPS) is 19.0. The number of carbonyl (C=O) groups is 1. The van der Waals surface area contributed by atoms with Crippen LogP contribution >= 0.6 is 23.4 Å². The van der Waals surface area contributed by atoms with Gasteiger partial charge in [-0.15, -0.1) is 5.10 Å². The van der Waals surface area contributed by atoms with Crippen molar-refractivity contribution in [2.45, 2.75) is 31.6 Å². The van der Waals surface area contributed by atoms with Gasteiger partial charge in [-0.1, -0.05) is 79.2 Å². The van der Waals surface area contributed by atoms with Crippen LogP contribution < -0.4 is 0 Å². The van der Waals surface area contributed by atoms with Crippen molar-refractivity contribution in [1.29, 1.82) is 0 Å². The highest BCUT2D eigenvalue weighted by Gasteiger charge is 2.37. The Bertz CT molecular complexity index is 806. The highest BCUT2D eigenvalue weighted by atomic mass is 35.5. The molecular weight excluding hydrogens is 366 g/mol. The number of carbonyl (C=O) groups excluding carboxylic acids is 1. The van der Waals surface area contributed by atoms with Crippen LogP contribution in [0.15, 0.2) is 64.8 Å². The Balaban J connectivity index is 1.79. The van der Waals surface area contributed by atoms with Gasteiger partial charge in [0.2, 0.25) is 5.91 Å². The van der Waals surface area contributed by atoms with E-state index in [1.54, 1.807) is 11.1 Å². The summed E-state index contributed by atoms with van der Waals surface area (Å²) in [6.07, 6.45) is 3.47. The molecule has 2 aromatic carbocycles. The number of nitrogens with zero attached hydrogens (tertiary/aromatic N) is 3. The van der Waals surface area contributed by atoms with Gasteiger partial charge in [-0.25, -0.2) is 0 Å². The van der Waals surface area contributed by atoms with E-state index in [2.05, 4.69) is 17.1 Å². The monoisotopic (exact) mass is 385 g/mol. The van der Waals surface area contributed by atoms with Crippen LogP contribution in [0.5, 0.6) is 0 Å². The molecule has 1 aliphatic rings. The lowest BCUT2D eigenvalue weighted by Gasteiger charge is -2.15. The Kier molecular flexibility index (Phi) is 6.47. The molecule has 0 aromatic heterocycles. The van der Waals surface area contributed by atoms with E-state index in [9.17, 15) is 4.79 Å². The number of amidine groups is 1. The molecule has 2 aromatic rings. The van der Waals surface area contributed by atoms with E-state index >= 15 is 0 Å². The van der Waals surface area contributed by atoms with Gasteiger partial charge in [0, 0.05) is 5.02 Å². The van der Waals surface area contributed by atoms with Gasteiger partial charge in [0.25, 0.3) is 0 Å². The Labute approximate surface area is 163 Å². The Hall–Kier alpha value is -2.11. The van der Waals surface area contributed by atoms with E-state index in [0.717, 1.165) is 24.0 Å². The first-order chi connectivity index (χ1) is 12.7. The van der Waals surface area contributed by atoms with Crippen LogP contribution in [-0.2, 0) is 11.3 Å². The van der Waals surface area contributed by atoms with Gasteiger partial charge < -0.3 is 0 Å². The third kappa shape index (κ3) is 4.74. The van der Waals surface area contributed by atoms with E-state index < -0.39 is 0 Å². The molecule has 0 spiro atoms. The highest BCUT2D eigenvalue weighted by Crippen LogP contribution is 2.31. The Morgan fingerprint density at radius 2 is 1.88 bits per heavy atom. The summed E-state index contributed by atoms with van der Waals surface area (Å²) in [7, 11) is 0. The number of amides is 1. The van der Waals surface area contributed by atoms with Crippen molar-refractivity contribution in [3.8, 4) is 0 Å². The molecule has 1 heterocycles. The molecule has 1 amide bonds. The van der Waals surface area contributed by atoms with Crippen molar-refractivity contribution < 1.29 is 4.79 Å². The molecule has 0 radical (unpaired) electrons. The quantitative estimate of drug-likeness (QED) is 0.520. The standard InChI is InChI=1S/C20H20ClN3OS/c1-2-6-18-19(25)24(14-16-7-4-3-5-8-16)20(26-18)23-22-13-15-9-11-17(21)12-10-15/h3-5,7-13,18H,2,6,14H2,1H3/b22-13-,23-20-/t18-/m0/s1. The van der Waals surface area contributed by atoms with Crippen LogP contribution in [-0.4, -0.2) is 27.4 Å². The first-order valence-electron chi connectivity index (χ1n) is 8.56. The molecule has 134 valence electrons. The fraction of sp³-hybridized carbons (Fsp3) is 0.250. The van der Waals surface area contributed by atoms with Crippen LogP contribution in [0.3, 0.4) is 0 Å². The summed E-state index contributed by atoms with van der Waals surface area (Å²) in [4.78, 5) is 14.5. The van der Waals surface area contributed by atoms with Gasteiger partial charge in [-0.05, 0) is 29.7 Å². The molecule has 1 saturated heterocycles. The molecule has 6 heteroatoms. The first-order valence-corrected chi connectivity index (χ1v) is 9.81. The predicted molar refractivity (Wildman–Crippen MR) is 110 cm³/mol. The first kappa shape index (κ1) is 18.7. The maximum atomic E-state index is 12.7. The minimum Gasteiger partial charge on any atom is -0.284 e. The highest BCUT2D eigenvalue weighted by molar-refractivity contribution is 8.15. The average Bonchev–Trinajstić information content (AvgIpc) is 2.94. The van der Waals surface area contributed by atoms with Gasteiger partial charge in [-0.3, -0.25) is 9.69 Å². The van der Waals surface area contributed by atoms with E-state index in [0.29, 0.717) is 16.7 Å². The third-order valence-corrected chi connectivity index (χ3v) is 5.46. The van der Waals surface area contributed by atoms with Crippen LogP contribution in [0.1, 0.15) is 30.9 Å². The molecule has 0 aliphatic carbocycles. The molecule has 1 fully saturated rings. The molecule has 1 aliphatic heterocycles. The zero-order valence-electron chi connectivity index (χ0n) is 14.5. The van der Waals surface area contributed by atoms with Crippen LogP contribution in [0.25, 0.3) is 0 Å². The summed E-state index contributed by atoms with van der Waals surface area (Å²) in [5, 5.41) is 9.76. The molecule has 0 bridgehead atoms. The second kappa shape index (κ2) is 9.01. The Morgan fingerprint density at radius 3 is 2.58 bits per heavy atom. The fourth-order valence-electron chi connectivity index (χ4n) is 2.64. The van der Waals surface area contributed by atoms with Crippen molar-refractivity contribution in [2.24, 2.45) is 10.2 Å². The largest absolute Gasteiger partial charge is 0.284 e. The number of rotatable bonds is 6. The molecule has 26 heavy (non-hydrogen) atoms. The maximum absolute atomic E-state index is 12.7. The topological polar surface area (TPSA) is 45.0 Å². The van der Waals surface area contributed by atoms with E-state index in [1.165, 1.54) is 11.8 Å². The average molecular weight is 386 g/mol. The molecule has 1 atom stereocenters. The van der Waals surface area contributed by atoms with Crippen LogP contribution in [0.4, 0.5) is 0 Å². The van der Waals surface area contributed by atoms with Gasteiger partial charge in [-0.2, -0.15) is 5.10 Å². The van der Waals surface area contributed by atoms with Gasteiger partial charge in [0.05, 0.1) is 18.0 Å². The van der Waals surface area contributed by atoms with Crippen molar-refractivity contribution >= 4 is 40.7 Å². The molecule has 4 nitrogen and oxygen atoms in total. The second-order valence-corrected chi connectivity index (χ2v) is 7.59. The van der Waals surface area contributed by atoms with Crippen LogP contribution in [0.2, 0.25) is 5.02 Å². The van der Waals surface area contributed by atoms with Gasteiger partial charge in [0.1, 0.15) is 0 Å². The summed E-state index contributed by atoms with van der Waals surface area (Å²) in [6.45, 7) is 2.60. The number of hydrogen-bond donors (Lipinski definition) is 0. The van der Waals surface area contributed by atoms with Gasteiger partial charge in [0.15, 0.2) is 5.17 Å². The summed E-state index contributed by atoms with van der Waals surface area (Å²) < 4.78 is 0. The summed E-state index contributed by atoms with van der Waals surface area (Å²) in [5.74, 6) is 0.112. The summed E-state index contributed by atoms with van der Waals surface area (Å²) >= 11 is 7.39. The predicted octanol–water partition coefficient (Wildman–Crippen LogP) is 4.97. The number of halogens is 1. The van der Waals surface area contributed by atoms with E-state index in [4.69, 9.17) is 11.6 Å². The lowest BCUT2D eigenvalue weighted by Crippen LogP contribution is -2.31. The van der Waals surface area contributed by atoms with Crippen LogP contribution in [0, 0.1) is 0 Å². The molecule has 3 rings (SSSR count). The lowest BCUT2D eigenvalue weighted by molar-refractivity contribution is -0.126. The van der Waals surface area contributed by atoms with E-state index in [1.807, 2.05) is 54.6 Å². The van der Waals surface area contributed by atoms with Crippen molar-refractivity contribution in [3.05, 3.63) is 70.7 Å². The lowest BCUT2D eigenvalue weighted by atomic mass is 10.2. The van der Waals surface area contributed by atoms with Crippen molar-refractivity contribution in [2.75, 3.05) is 0 Å². The van der Waals surface area contributed by atoms with Crippen molar-refractivity contribution in [3.63, 3.8) is 0 Å². The molecule has 0 unspecified atom stereocenters. The van der Waals surface area contributed by atoms with E-state index in [-0.39, 0.29) is 11.2 Å². The maximum Gasteiger partial charge on any atom is 0.242 e. The zero-order valence-corrected chi connectivity index (χ0v) is 16.1. The summed E-state index contributed by atoms with van der Waals surface area (Å²) in [5.41, 5.74) is 1.99. The third-order valence-electron chi connectivity index (χ3n) is 3.97. The number of benzene rings is 2. The Morgan fingerprint density at radius 1 is 1.15 bits per heavy atom. The van der Waals surface area contributed by atoms with Gasteiger partial charge >= 0.3 is 0 Å². The SMILES string of the molecule is CCC[C@@H]1S/C(=N\N=C/c2ccc(Cl)cc2)N(Cc2ccccc2)C1=O. The molecule has 0 saturated carbocycles. The zero-order chi connectivity index (χ0) is 18.4.